The molecule has 0 aliphatic carbocycles. The lowest BCUT2D eigenvalue weighted by atomic mass is 10.0. The van der Waals surface area contributed by atoms with Crippen molar-refractivity contribution in [3.63, 3.8) is 0 Å². The van der Waals surface area contributed by atoms with Crippen LogP contribution >= 0.6 is 0 Å². The molecular formula is C19H23N5O. The number of piperazine rings is 1. The Balaban J connectivity index is 1.37. The van der Waals surface area contributed by atoms with Crippen molar-refractivity contribution in [3.05, 3.63) is 59.9 Å². The van der Waals surface area contributed by atoms with Crippen LogP contribution in [-0.2, 0) is 0 Å². The van der Waals surface area contributed by atoms with E-state index in [1.807, 2.05) is 41.6 Å². The highest BCUT2D eigenvalue weighted by atomic mass is 16.2. The normalized spacial score (nSPS) is 20.7. The van der Waals surface area contributed by atoms with Gasteiger partial charge in [-0.05, 0) is 36.2 Å². The minimum Gasteiger partial charge on any atom is -0.368 e. The monoisotopic (exact) mass is 337 g/mol. The number of carbonyl (C=O) groups excluding carboxylic acids is 1. The standard InChI is InChI=1S/C19H23N5O/c25-19(16-3-1-15(2-4-16)18-7-10-21-22-18)24-13-11-23(12-14-24)17-5-8-20-9-6-17/h1-6,8-9,18,21-22H,7,10-14H2. The van der Waals surface area contributed by atoms with Crippen LogP contribution in [0.25, 0.3) is 0 Å². The summed E-state index contributed by atoms with van der Waals surface area (Å²) in [4.78, 5) is 21.0. The number of nitrogens with one attached hydrogen (secondary N) is 2. The largest absolute Gasteiger partial charge is 0.368 e. The third-order valence-electron chi connectivity index (χ3n) is 4.99. The fraction of sp³-hybridized carbons (Fsp3) is 0.368. The first-order valence-corrected chi connectivity index (χ1v) is 8.84. The minimum atomic E-state index is 0.124. The molecule has 0 saturated carbocycles. The second-order valence-corrected chi connectivity index (χ2v) is 6.52. The van der Waals surface area contributed by atoms with Crippen molar-refractivity contribution in [1.82, 2.24) is 20.7 Å². The van der Waals surface area contributed by atoms with Crippen LogP contribution in [0.1, 0.15) is 28.4 Å². The lowest BCUT2D eigenvalue weighted by molar-refractivity contribution is 0.0747. The number of pyridine rings is 1. The molecule has 0 radical (unpaired) electrons. The van der Waals surface area contributed by atoms with Gasteiger partial charge in [0.25, 0.3) is 5.91 Å². The molecule has 2 saturated heterocycles. The van der Waals surface area contributed by atoms with Gasteiger partial charge in [-0.3, -0.25) is 20.6 Å². The molecule has 1 unspecified atom stereocenters. The predicted octanol–water partition coefficient (Wildman–Crippen LogP) is 1.58. The van der Waals surface area contributed by atoms with Gasteiger partial charge in [0.1, 0.15) is 0 Å². The van der Waals surface area contributed by atoms with Gasteiger partial charge >= 0.3 is 0 Å². The van der Waals surface area contributed by atoms with E-state index in [-0.39, 0.29) is 5.91 Å². The van der Waals surface area contributed by atoms with E-state index < -0.39 is 0 Å². The van der Waals surface area contributed by atoms with Gasteiger partial charge in [0.2, 0.25) is 0 Å². The van der Waals surface area contributed by atoms with Gasteiger partial charge < -0.3 is 9.80 Å². The fourth-order valence-corrected chi connectivity index (χ4v) is 3.50. The van der Waals surface area contributed by atoms with E-state index in [1.165, 1.54) is 11.3 Å². The molecule has 130 valence electrons. The Morgan fingerprint density at radius 3 is 2.36 bits per heavy atom. The number of benzene rings is 1. The zero-order valence-corrected chi connectivity index (χ0v) is 14.2. The van der Waals surface area contributed by atoms with Crippen molar-refractivity contribution >= 4 is 11.6 Å². The maximum Gasteiger partial charge on any atom is 0.253 e. The van der Waals surface area contributed by atoms with E-state index in [1.54, 1.807) is 0 Å². The highest BCUT2D eigenvalue weighted by Crippen LogP contribution is 2.20. The lowest BCUT2D eigenvalue weighted by Gasteiger charge is -2.36. The van der Waals surface area contributed by atoms with Crippen LogP contribution in [0.15, 0.2) is 48.8 Å². The van der Waals surface area contributed by atoms with Crippen molar-refractivity contribution in [3.8, 4) is 0 Å². The van der Waals surface area contributed by atoms with Crippen molar-refractivity contribution in [1.29, 1.82) is 0 Å². The highest BCUT2D eigenvalue weighted by molar-refractivity contribution is 5.94. The molecule has 2 N–H and O–H groups in total. The molecule has 2 fully saturated rings. The summed E-state index contributed by atoms with van der Waals surface area (Å²) in [6.45, 7) is 4.18. The Hall–Kier alpha value is -2.44. The van der Waals surface area contributed by atoms with Crippen LogP contribution < -0.4 is 15.8 Å². The SMILES string of the molecule is O=C(c1ccc(C2CCNN2)cc1)N1CCN(c2ccncc2)CC1. The summed E-state index contributed by atoms with van der Waals surface area (Å²) < 4.78 is 0. The molecule has 2 aliphatic rings. The first-order chi connectivity index (χ1) is 12.3. The Bertz CT molecular complexity index is 704. The average Bonchev–Trinajstić information content (AvgIpc) is 3.23. The van der Waals surface area contributed by atoms with E-state index in [0.29, 0.717) is 6.04 Å². The number of hydrogen-bond donors (Lipinski definition) is 2. The Labute approximate surface area is 147 Å². The third-order valence-corrected chi connectivity index (χ3v) is 4.99. The second-order valence-electron chi connectivity index (χ2n) is 6.52. The summed E-state index contributed by atoms with van der Waals surface area (Å²) in [7, 11) is 0. The van der Waals surface area contributed by atoms with Crippen molar-refractivity contribution in [2.45, 2.75) is 12.5 Å². The highest BCUT2D eigenvalue weighted by Gasteiger charge is 2.23. The first-order valence-electron chi connectivity index (χ1n) is 8.84. The summed E-state index contributed by atoms with van der Waals surface area (Å²) in [5.74, 6) is 0.124. The van der Waals surface area contributed by atoms with Gasteiger partial charge in [-0.2, -0.15) is 0 Å². The number of carbonyl (C=O) groups is 1. The van der Waals surface area contributed by atoms with Gasteiger partial charge in [-0.1, -0.05) is 12.1 Å². The molecule has 1 atom stereocenters. The van der Waals surface area contributed by atoms with E-state index in [2.05, 4.69) is 32.9 Å². The van der Waals surface area contributed by atoms with Crippen molar-refractivity contribution in [2.75, 3.05) is 37.6 Å². The number of nitrogens with zero attached hydrogens (tertiary/aromatic N) is 3. The van der Waals surface area contributed by atoms with Gasteiger partial charge in [-0.15, -0.1) is 0 Å². The molecule has 1 amide bonds. The Morgan fingerprint density at radius 1 is 1.00 bits per heavy atom. The molecule has 2 aromatic rings. The molecule has 0 spiro atoms. The number of rotatable bonds is 3. The zero-order chi connectivity index (χ0) is 17.1. The van der Waals surface area contributed by atoms with Gasteiger partial charge in [-0.25, -0.2) is 0 Å². The molecule has 1 aromatic carbocycles. The van der Waals surface area contributed by atoms with Gasteiger partial charge in [0.15, 0.2) is 0 Å². The van der Waals surface area contributed by atoms with Crippen molar-refractivity contribution in [2.24, 2.45) is 0 Å². The molecule has 6 heteroatoms. The number of aromatic nitrogens is 1. The molecule has 25 heavy (non-hydrogen) atoms. The first kappa shape index (κ1) is 16.1. The summed E-state index contributed by atoms with van der Waals surface area (Å²) in [6, 6.07) is 12.4. The zero-order valence-electron chi connectivity index (χ0n) is 14.2. The maximum absolute atomic E-state index is 12.7. The summed E-state index contributed by atoms with van der Waals surface area (Å²) >= 11 is 0. The minimum absolute atomic E-state index is 0.124. The number of anilines is 1. The van der Waals surface area contributed by atoms with Crippen LogP contribution in [0.5, 0.6) is 0 Å². The maximum atomic E-state index is 12.7. The predicted molar refractivity (Wildman–Crippen MR) is 97.3 cm³/mol. The second kappa shape index (κ2) is 7.21. The summed E-state index contributed by atoms with van der Waals surface area (Å²) in [5.41, 5.74) is 9.56. The average molecular weight is 337 g/mol. The third kappa shape index (κ3) is 3.50. The fourth-order valence-electron chi connectivity index (χ4n) is 3.50. The number of hydrazine groups is 1. The van der Waals surface area contributed by atoms with Gasteiger partial charge in [0, 0.05) is 62.4 Å². The Kier molecular flexibility index (Phi) is 4.63. The lowest BCUT2D eigenvalue weighted by Crippen LogP contribution is -2.48. The van der Waals surface area contributed by atoms with E-state index in [4.69, 9.17) is 0 Å². The Morgan fingerprint density at radius 2 is 1.72 bits per heavy atom. The van der Waals surface area contributed by atoms with Crippen LogP contribution in [0.3, 0.4) is 0 Å². The van der Waals surface area contributed by atoms with Crippen LogP contribution in [0, 0.1) is 0 Å². The molecule has 0 bridgehead atoms. The molecule has 3 heterocycles. The van der Waals surface area contributed by atoms with Crippen LogP contribution in [0.4, 0.5) is 5.69 Å². The number of hydrogen-bond acceptors (Lipinski definition) is 5. The summed E-state index contributed by atoms with van der Waals surface area (Å²) in [5, 5.41) is 0. The number of amides is 1. The molecule has 2 aliphatic heterocycles. The van der Waals surface area contributed by atoms with E-state index in [0.717, 1.165) is 44.7 Å². The molecular weight excluding hydrogens is 314 g/mol. The van der Waals surface area contributed by atoms with E-state index >= 15 is 0 Å². The summed E-state index contributed by atoms with van der Waals surface area (Å²) in [6.07, 6.45) is 4.69. The van der Waals surface area contributed by atoms with Crippen LogP contribution in [0.2, 0.25) is 0 Å². The van der Waals surface area contributed by atoms with Gasteiger partial charge in [0.05, 0.1) is 0 Å². The molecule has 4 rings (SSSR count). The topological polar surface area (TPSA) is 60.5 Å². The molecule has 6 nitrogen and oxygen atoms in total. The smallest absolute Gasteiger partial charge is 0.253 e. The molecule has 1 aromatic heterocycles. The van der Waals surface area contributed by atoms with Crippen LogP contribution in [-0.4, -0.2) is 48.5 Å². The van der Waals surface area contributed by atoms with E-state index in [9.17, 15) is 4.79 Å². The van der Waals surface area contributed by atoms with Crippen molar-refractivity contribution < 1.29 is 4.79 Å². The quantitative estimate of drug-likeness (QED) is 0.891.